The molecule has 2 N–H and O–H groups in total. The van der Waals surface area contributed by atoms with Crippen molar-refractivity contribution in [2.75, 3.05) is 18.4 Å². The molecule has 2 amide bonds. The number of anilines is 1. The van der Waals surface area contributed by atoms with Crippen LogP contribution in [0.5, 0.6) is 0 Å². The van der Waals surface area contributed by atoms with Crippen molar-refractivity contribution in [2.45, 2.75) is 56.8 Å². The van der Waals surface area contributed by atoms with E-state index in [1.165, 1.54) is 12.1 Å². The molecule has 0 atom stereocenters. The lowest BCUT2D eigenvalue weighted by Gasteiger charge is -2.31. The van der Waals surface area contributed by atoms with Gasteiger partial charge in [0.15, 0.2) is 0 Å². The number of carbonyl (C=O) groups is 1. The highest BCUT2D eigenvalue weighted by Crippen LogP contribution is 2.35. The highest BCUT2D eigenvalue weighted by atomic mass is 35.5. The second kappa shape index (κ2) is 8.49. The first kappa shape index (κ1) is 21.0. The monoisotopic (exact) mass is 440 g/mol. The van der Waals surface area contributed by atoms with Crippen molar-refractivity contribution in [3.63, 3.8) is 0 Å². The highest BCUT2D eigenvalue weighted by Gasteiger charge is 2.34. The summed E-state index contributed by atoms with van der Waals surface area (Å²) in [6.07, 6.45) is 0.664. The van der Waals surface area contributed by atoms with Gasteiger partial charge in [0.2, 0.25) is 0 Å². The Bertz CT molecular complexity index is 922. The van der Waals surface area contributed by atoms with E-state index < -0.39 is 11.9 Å². The predicted molar refractivity (Wildman–Crippen MR) is 111 cm³/mol. The molecule has 2 aromatic rings. The molecule has 0 unspecified atom stereocenters. The number of aromatic nitrogens is 1. The van der Waals surface area contributed by atoms with Crippen LogP contribution in [-0.2, 0) is 6.18 Å². The van der Waals surface area contributed by atoms with Crippen molar-refractivity contribution in [3.8, 4) is 0 Å². The van der Waals surface area contributed by atoms with E-state index in [-0.39, 0.29) is 23.6 Å². The molecule has 9 heteroatoms. The molecule has 1 aromatic carbocycles. The minimum Gasteiger partial charge on any atom is -0.382 e. The van der Waals surface area contributed by atoms with E-state index in [0.717, 1.165) is 57.7 Å². The summed E-state index contributed by atoms with van der Waals surface area (Å²) in [6.45, 7) is 1.61. The standard InChI is InChI=1S/C21H24ClF3N4O/c22-13-3-8-17-16(11-13)18(12-19(28-17)21(23,24)25)26-14-4-6-15(7-5-14)27-20(30)29-9-1-2-10-29/h3,8,11-12,14-15H,1-2,4-7,9-10H2,(H,26,28)(H,27,30)/t14-,15+. The zero-order chi connectivity index (χ0) is 21.3. The predicted octanol–water partition coefficient (Wildman–Crippen LogP) is 5.44. The molecule has 2 fully saturated rings. The lowest BCUT2D eigenvalue weighted by Crippen LogP contribution is -2.46. The molecule has 162 valence electrons. The summed E-state index contributed by atoms with van der Waals surface area (Å²) < 4.78 is 39.9. The highest BCUT2D eigenvalue weighted by molar-refractivity contribution is 6.31. The zero-order valence-electron chi connectivity index (χ0n) is 16.4. The summed E-state index contributed by atoms with van der Waals surface area (Å²) in [7, 11) is 0. The van der Waals surface area contributed by atoms with Crippen LogP contribution >= 0.6 is 11.6 Å². The summed E-state index contributed by atoms with van der Waals surface area (Å²) in [4.78, 5) is 17.9. The molecular formula is C21H24ClF3N4O. The minimum absolute atomic E-state index is 0.00602. The van der Waals surface area contributed by atoms with Gasteiger partial charge >= 0.3 is 12.2 Å². The SMILES string of the molecule is O=C(N[C@H]1CC[C@@H](Nc2cc(C(F)(F)F)nc3ccc(Cl)cc23)CC1)N1CCCC1. The molecule has 5 nitrogen and oxygen atoms in total. The number of likely N-dealkylation sites (tertiary alicyclic amines) is 1. The van der Waals surface area contributed by atoms with Gasteiger partial charge in [0, 0.05) is 41.3 Å². The van der Waals surface area contributed by atoms with Crippen LogP contribution in [0.25, 0.3) is 10.9 Å². The third-order valence-corrected chi connectivity index (χ3v) is 6.10. The van der Waals surface area contributed by atoms with Gasteiger partial charge in [-0.05, 0) is 62.8 Å². The number of urea groups is 1. The molecule has 0 bridgehead atoms. The van der Waals surface area contributed by atoms with E-state index in [2.05, 4.69) is 15.6 Å². The Morgan fingerprint density at radius 2 is 1.73 bits per heavy atom. The molecule has 30 heavy (non-hydrogen) atoms. The number of hydrogen-bond donors (Lipinski definition) is 2. The maximum absolute atomic E-state index is 13.3. The lowest BCUT2D eigenvalue weighted by atomic mass is 9.91. The van der Waals surface area contributed by atoms with E-state index in [0.29, 0.717) is 16.1 Å². The van der Waals surface area contributed by atoms with Crippen LogP contribution in [0.1, 0.15) is 44.2 Å². The van der Waals surface area contributed by atoms with Crippen LogP contribution < -0.4 is 10.6 Å². The first-order valence-electron chi connectivity index (χ1n) is 10.3. The molecule has 0 spiro atoms. The Morgan fingerprint density at radius 3 is 2.40 bits per heavy atom. The number of nitrogens with zero attached hydrogens (tertiary/aromatic N) is 2. The number of benzene rings is 1. The number of alkyl halides is 3. The summed E-state index contributed by atoms with van der Waals surface area (Å²) in [5, 5.41) is 7.38. The average Bonchev–Trinajstić information content (AvgIpc) is 3.24. The quantitative estimate of drug-likeness (QED) is 0.668. The second-order valence-corrected chi connectivity index (χ2v) is 8.49. The minimum atomic E-state index is -4.53. The van der Waals surface area contributed by atoms with Crippen LogP contribution in [0.3, 0.4) is 0 Å². The molecular weight excluding hydrogens is 417 g/mol. The molecule has 0 radical (unpaired) electrons. The number of halogens is 4. The summed E-state index contributed by atoms with van der Waals surface area (Å²) in [6, 6.07) is 5.85. The first-order chi connectivity index (χ1) is 14.3. The smallest absolute Gasteiger partial charge is 0.382 e. The Balaban J connectivity index is 1.44. The molecule has 1 aliphatic heterocycles. The van der Waals surface area contributed by atoms with Gasteiger partial charge in [-0.25, -0.2) is 9.78 Å². The number of pyridine rings is 1. The van der Waals surface area contributed by atoms with E-state index in [1.807, 2.05) is 4.90 Å². The van der Waals surface area contributed by atoms with E-state index in [9.17, 15) is 18.0 Å². The Hall–Kier alpha value is -2.22. The Kier molecular flexibility index (Phi) is 5.95. The number of hydrogen-bond acceptors (Lipinski definition) is 3. The van der Waals surface area contributed by atoms with Crippen molar-refractivity contribution in [1.82, 2.24) is 15.2 Å². The third kappa shape index (κ3) is 4.74. The van der Waals surface area contributed by atoms with E-state index >= 15 is 0 Å². The van der Waals surface area contributed by atoms with Gasteiger partial charge in [-0.15, -0.1) is 0 Å². The Morgan fingerprint density at radius 1 is 1.07 bits per heavy atom. The molecule has 2 heterocycles. The topological polar surface area (TPSA) is 57.3 Å². The average molecular weight is 441 g/mol. The van der Waals surface area contributed by atoms with Crippen molar-refractivity contribution >= 4 is 34.2 Å². The largest absolute Gasteiger partial charge is 0.433 e. The maximum Gasteiger partial charge on any atom is 0.433 e. The fourth-order valence-electron chi connectivity index (χ4n) is 4.25. The van der Waals surface area contributed by atoms with Crippen molar-refractivity contribution < 1.29 is 18.0 Å². The normalized spacial score (nSPS) is 22.3. The number of amides is 2. The summed E-state index contributed by atoms with van der Waals surface area (Å²) >= 11 is 6.06. The van der Waals surface area contributed by atoms with Gasteiger partial charge in [0.05, 0.1) is 5.52 Å². The molecule has 1 aliphatic carbocycles. The van der Waals surface area contributed by atoms with E-state index in [4.69, 9.17) is 11.6 Å². The molecule has 1 saturated carbocycles. The van der Waals surface area contributed by atoms with Crippen LogP contribution in [0.2, 0.25) is 5.02 Å². The fraction of sp³-hybridized carbons (Fsp3) is 0.524. The van der Waals surface area contributed by atoms with E-state index in [1.54, 1.807) is 6.07 Å². The van der Waals surface area contributed by atoms with Crippen LogP contribution in [0.15, 0.2) is 24.3 Å². The Labute approximate surface area is 178 Å². The lowest BCUT2D eigenvalue weighted by molar-refractivity contribution is -0.140. The summed E-state index contributed by atoms with van der Waals surface area (Å²) in [5.41, 5.74) is -0.283. The molecule has 4 rings (SSSR count). The zero-order valence-corrected chi connectivity index (χ0v) is 17.2. The van der Waals surface area contributed by atoms with Gasteiger partial charge < -0.3 is 15.5 Å². The van der Waals surface area contributed by atoms with Gasteiger partial charge in [0.25, 0.3) is 0 Å². The van der Waals surface area contributed by atoms with Crippen molar-refractivity contribution in [3.05, 3.63) is 35.0 Å². The molecule has 1 aromatic heterocycles. The van der Waals surface area contributed by atoms with Crippen LogP contribution in [-0.4, -0.2) is 41.1 Å². The van der Waals surface area contributed by atoms with Crippen molar-refractivity contribution in [1.29, 1.82) is 0 Å². The number of carbonyl (C=O) groups excluding carboxylic acids is 1. The van der Waals surface area contributed by atoms with Crippen molar-refractivity contribution in [2.24, 2.45) is 0 Å². The maximum atomic E-state index is 13.3. The number of nitrogens with one attached hydrogen (secondary N) is 2. The fourth-order valence-corrected chi connectivity index (χ4v) is 4.42. The van der Waals surface area contributed by atoms with Gasteiger partial charge in [0.1, 0.15) is 5.69 Å². The molecule has 1 saturated heterocycles. The second-order valence-electron chi connectivity index (χ2n) is 8.05. The third-order valence-electron chi connectivity index (χ3n) is 5.87. The summed E-state index contributed by atoms with van der Waals surface area (Å²) in [5.74, 6) is 0. The van der Waals surface area contributed by atoms with Gasteiger partial charge in [-0.2, -0.15) is 13.2 Å². The van der Waals surface area contributed by atoms with Gasteiger partial charge in [-0.1, -0.05) is 11.6 Å². The van der Waals surface area contributed by atoms with Crippen LogP contribution in [0.4, 0.5) is 23.7 Å². The number of fused-ring (bicyclic) bond motifs is 1. The molecule has 2 aliphatic rings. The van der Waals surface area contributed by atoms with Gasteiger partial charge in [-0.3, -0.25) is 0 Å². The number of rotatable bonds is 3. The van der Waals surface area contributed by atoms with Crippen LogP contribution in [0, 0.1) is 0 Å². The first-order valence-corrected chi connectivity index (χ1v) is 10.7.